The summed E-state index contributed by atoms with van der Waals surface area (Å²) in [5.74, 6) is -0.0368. The normalized spacial score (nSPS) is 10.4. The Morgan fingerprint density at radius 1 is 1.15 bits per heavy atom. The van der Waals surface area contributed by atoms with E-state index in [4.69, 9.17) is 11.6 Å². The molecule has 104 valence electrons. The van der Waals surface area contributed by atoms with Crippen molar-refractivity contribution in [2.75, 3.05) is 7.05 Å². The highest BCUT2D eigenvalue weighted by Gasteiger charge is 2.13. The van der Waals surface area contributed by atoms with Crippen molar-refractivity contribution in [2.45, 2.75) is 6.54 Å². The van der Waals surface area contributed by atoms with Crippen LogP contribution in [0.15, 0.2) is 51.4 Å². The smallest absolute Gasteiger partial charge is 0.253 e. The zero-order valence-electron chi connectivity index (χ0n) is 10.7. The average Bonchev–Trinajstić information content (AvgIpc) is 2.43. The Hall–Kier alpha value is -0.840. The van der Waals surface area contributed by atoms with Crippen LogP contribution in [0.4, 0.5) is 0 Å². The fourth-order valence-electron chi connectivity index (χ4n) is 1.79. The summed E-state index contributed by atoms with van der Waals surface area (Å²) in [6.45, 7) is 0.562. The largest absolute Gasteiger partial charge is 0.337 e. The lowest BCUT2D eigenvalue weighted by Gasteiger charge is -2.17. The molecule has 0 atom stereocenters. The predicted molar refractivity (Wildman–Crippen MR) is 89.1 cm³/mol. The summed E-state index contributed by atoms with van der Waals surface area (Å²) in [6.07, 6.45) is 0. The van der Waals surface area contributed by atoms with Gasteiger partial charge in [-0.3, -0.25) is 4.79 Å². The molecule has 2 aromatic rings. The molecule has 0 spiro atoms. The van der Waals surface area contributed by atoms with E-state index in [0.29, 0.717) is 17.1 Å². The monoisotopic (exact) mass is 415 g/mol. The van der Waals surface area contributed by atoms with Crippen LogP contribution >= 0.6 is 43.5 Å². The fraction of sp³-hybridized carbons (Fsp3) is 0.133. The third-order valence-electron chi connectivity index (χ3n) is 2.85. The molecular weight excluding hydrogens is 405 g/mol. The van der Waals surface area contributed by atoms with Crippen molar-refractivity contribution in [2.24, 2.45) is 0 Å². The zero-order chi connectivity index (χ0) is 14.7. The van der Waals surface area contributed by atoms with Gasteiger partial charge in [0.1, 0.15) is 0 Å². The number of rotatable bonds is 3. The molecule has 0 radical (unpaired) electrons. The zero-order valence-corrected chi connectivity index (χ0v) is 14.7. The first-order chi connectivity index (χ1) is 9.47. The highest BCUT2D eigenvalue weighted by atomic mass is 79.9. The second-order valence-electron chi connectivity index (χ2n) is 4.42. The molecule has 2 rings (SSSR count). The van der Waals surface area contributed by atoms with Crippen LogP contribution in [0.5, 0.6) is 0 Å². The van der Waals surface area contributed by atoms with Gasteiger partial charge in [-0.25, -0.2) is 0 Å². The lowest BCUT2D eigenvalue weighted by Crippen LogP contribution is -2.26. The maximum absolute atomic E-state index is 12.3. The van der Waals surface area contributed by atoms with Gasteiger partial charge in [0.05, 0.1) is 5.02 Å². The first-order valence-electron chi connectivity index (χ1n) is 5.92. The van der Waals surface area contributed by atoms with Crippen molar-refractivity contribution in [1.82, 2.24) is 4.90 Å². The van der Waals surface area contributed by atoms with Crippen LogP contribution in [0.2, 0.25) is 5.02 Å². The van der Waals surface area contributed by atoms with Crippen molar-refractivity contribution in [3.8, 4) is 0 Å². The quantitative estimate of drug-likeness (QED) is 0.677. The van der Waals surface area contributed by atoms with Crippen LogP contribution in [0.25, 0.3) is 0 Å². The molecule has 0 aliphatic carbocycles. The van der Waals surface area contributed by atoms with Gasteiger partial charge in [0.2, 0.25) is 0 Å². The van der Waals surface area contributed by atoms with Crippen molar-refractivity contribution in [3.05, 3.63) is 67.6 Å². The topological polar surface area (TPSA) is 20.3 Å². The highest BCUT2D eigenvalue weighted by molar-refractivity contribution is 9.10. The van der Waals surface area contributed by atoms with Crippen molar-refractivity contribution in [3.63, 3.8) is 0 Å². The first kappa shape index (κ1) is 15.5. The molecule has 5 heteroatoms. The van der Waals surface area contributed by atoms with E-state index in [1.54, 1.807) is 30.1 Å². The number of nitrogens with zero attached hydrogens (tertiary/aromatic N) is 1. The summed E-state index contributed by atoms with van der Waals surface area (Å²) in [5, 5.41) is 0.595. The number of carbonyl (C=O) groups is 1. The molecule has 2 aromatic carbocycles. The number of amides is 1. The fourth-order valence-corrected chi connectivity index (χ4v) is 2.55. The predicted octanol–water partition coefficient (Wildman–Crippen LogP) is 5.14. The lowest BCUT2D eigenvalue weighted by molar-refractivity contribution is 0.0785. The molecule has 0 saturated heterocycles. The summed E-state index contributed by atoms with van der Waals surface area (Å²) in [7, 11) is 1.78. The van der Waals surface area contributed by atoms with Crippen molar-refractivity contribution < 1.29 is 4.79 Å². The highest BCUT2D eigenvalue weighted by Crippen LogP contribution is 2.24. The molecule has 2 nitrogen and oxygen atoms in total. The van der Waals surface area contributed by atoms with Gasteiger partial charge in [0.25, 0.3) is 5.91 Å². The molecule has 0 unspecified atom stereocenters. The summed E-state index contributed by atoms with van der Waals surface area (Å²) in [4.78, 5) is 14.0. The Kier molecular flexibility index (Phi) is 5.24. The SMILES string of the molecule is CN(Cc1ccc(Br)cc1)C(=O)c1ccc(Cl)c(Br)c1. The number of carbonyl (C=O) groups excluding carboxylic acids is 1. The molecule has 1 amide bonds. The number of benzene rings is 2. The standard InChI is InChI=1S/C15H12Br2ClNO/c1-19(9-10-2-5-12(16)6-3-10)15(20)11-4-7-14(18)13(17)8-11/h2-8H,9H2,1H3. The van der Waals surface area contributed by atoms with E-state index < -0.39 is 0 Å². The minimum absolute atomic E-state index is 0.0368. The van der Waals surface area contributed by atoms with Crippen LogP contribution in [0.3, 0.4) is 0 Å². The van der Waals surface area contributed by atoms with Gasteiger partial charge < -0.3 is 4.90 Å². The molecule has 0 heterocycles. The van der Waals surface area contributed by atoms with Gasteiger partial charge in [-0.05, 0) is 51.8 Å². The molecule has 0 fully saturated rings. The van der Waals surface area contributed by atoms with Crippen molar-refractivity contribution in [1.29, 1.82) is 0 Å². The van der Waals surface area contributed by atoms with E-state index in [2.05, 4.69) is 31.9 Å². The second kappa shape index (κ2) is 6.74. The Morgan fingerprint density at radius 3 is 2.40 bits per heavy atom. The minimum Gasteiger partial charge on any atom is -0.337 e. The van der Waals surface area contributed by atoms with Gasteiger partial charge in [-0.15, -0.1) is 0 Å². The van der Waals surface area contributed by atoms with Crippen molar-refractivity contribution >= 4 is 49.4 Å². The summed E-state index contributed by atoms with van der Waals surface area (Å²) < 4.78 is 1.75. The molecule has 0 aromatic heterocycles. The molecule has 0 bridgehead atoms. The van der Waals surface area contributed by atoms with E-state index in [1.807, 2.05) is 24.3 Å². The van der Waals surface area contributed by atoms with E-state index >= 15 is 0 Å². The van der Waals surface area contributed by atoms with E-state index in [0.717, 1.165) is 14.5 Å². The third kappa shape index (κ3) is 3.84. The van der Waals surface area contributed by atoms with Gasteiger partial charge in [-0.2, -0.15) is 0 Å². The summed E-state index contributed by atoms with van der Waals surface area (Å²) in [6, 6.07) is 13.1. The van der Waals surface area contributed by atoms with Crippen LogP contribution in [-0.2, 0) is 6.54 Å². The molecule has 20 heavy (non-hydrogen) atoms. The molecule has 0 saturated carbocycles. The van der Waals surface area contributed by atoms with E-state index in [9.17, 15) is 4.79 Å². The van der Waals surface area contributed by atoms with Crippen LogP contribution in [-0.4, -0.2) is 17.9 Å². The Morgan fingerprint density at radius 2 is 1.80 bits per heavy atom. The van der Waals surface area contributed by atoms with Crippen LogP contribution < -0.4 is 0 Å². The van der Waals surface area contributed by atoms with Gasteiger partial charge in [0, 0.05) is 28.1 Å². The summed E-state index contributed by atoms with van der Waals surface area (Å²) >= 11 is 12.7. The summed E-state index contributed by atoms with van der Waals surface area (Å²) in [5.41, 5.74) is 1.69. The van der Waals surface area contributed by atoms with Gasteiger partial charge in [0.15, 0.2) is 0 Å². The maximum Gasteiger partial charge on any atom is 0.253 e. The Labute approximate surface area is 140 Å². The molecular formula is C15H12Br2ClNO. The number of halogens is 3. The molecule has 0 aliphatic rings. The number of hydrogen-bond acceptors (Lipinski definition) is 1. The minimum atomic E-state index is -0.0368. The van der Waals surface area contributed by atoms with E-state index in [1.165, 1.54) is 0 Å². The van der Waals surface area contributed by atoms with Crippen LogP contribution in [0.1, 0.15) is 15.9 Å². The molecule has 0 N–H and O–H groups in total. The third-order valence-corrected chi connectivity index (χ3v) is 4.59. The maximum atomic E-state index is 12.3. The average molecular weight is 418 g/mol. The number of hydrogen-bond donors (Lipinski definition) is 0. The van der Waals surface area contributed by atoms with Gasteiger partial charge in [-0.1, -0.05) is 39.7 Å². The first-order valence-corrected chi connectivity index (χ1v) is 7.89. The van der Waals surface area contributed by atoms with E-state index in [-0.39, 0.29) is 5.91 Å². The Balaban J connectivity index is 2.11. The van der Waals surface area contributed by atoms with Crippen LogP contribution in [0, 0.1) is 0 Å². The lowest BCUT2D eigenvalue weighted by atomic mass is 10.1. The second-order valence-corrected chi connectivity index (χ2v) is 6.59. The Bertz CT molecular complexity index is 628. The molecule has 0 aliphatic heterocycles. The van der Waals surface area contributed by atoms with Gasteiger partial charge >= 0.3 is 0 Å².